The molecule has 0 fully saturated rings. The Labute approximate surface area is 52.5 Å². The molecule has 0 N–H and O–H groups in total. The van der Waals surface area contributed by atoms with Gasteiger partial charge in [-0.05, 0) is 0 Å². The minimum absolute atomic E-state index is 0. The number of carbonyl (C=O) groups excluding carboxylic acids is 1. The van der Waals surface area contributed by atoms with Crippen LogP contribution < -0.4 is 0 Å². The molecule has 0 aliphatic rings. The van der Waals surface area contributed by atoms with Crippen LogP contribution in [0.2, 0.25) is 0 Å². The van der Waals surface area contributed by atoms with Gasteiger partial charge in [0.05, 0.1) is 0 Å². The smallest absolute Gasteiger partial charge is 0 e. The third-order valence-corrected chi connectivity index (χ3v) is 0. The Balaban J connectivity index is -0.00000000500. The second-order valence-corrected chi connectivity index (χ2v) is 0. The van der Waals surface area contributed by atoms with E-state index in [1.165, 1.54) is 0 Å². The van der Waals surface area contributed by atoms with E-state index in [-0.39, 0.29) is 40.8 Å². The number of hydrogen-bond acceptors (Lipinski definition) is 1. The van der Waals surface area contributed by atoms with Gasteiger partial charge in [0.15, 0.2) is 0 Å². The predicted octanol–water partition coefficient (Wildman–Crippen LogP) is -0.279. The summed E-state index contributed by atoms with van der Waals surface area (Å²) >= 11 is 0. The van der Waals surface area contributed by atoms with Crippen molar-refractivity contribution in [2.75, 3.05) is 0 Å². The maximum Gasteiger partial charge on any atom is 0 e. The van der Waals surface area contributed by atoms with Gasteiger partial charge in [-0.1, -0.05) is 0 Å². The fraction of sp³-hybridized carbons (Fsp3) is 0. The normalized spacial score (nSPS) is 1.00. The van der Waals surface area contributed by atoms with Gasteiger partial charge in [0.2, 0.25) is 0 Å². The zero-order valence-electron chi connectivity index (χ0n) is 1.74. The Morgan fingerprint density at radius 3 is 1.00 bits per heavy atom. The molecule has 26 valence electrons. The van der Waals surface area contributed by atoms with Crippen molar-refractivity contribution < 1.29 is 45.6 Å². The first kappa shape index (κ1) is 20.0. The summed E-state index contributed by atoms with van der Waals surface area (Å²) in [6.45, 7) is 3.25. The van der Waals surface area contributed by atoms with Crippen molar-refractivity contribution in [1.82, 2.24) is 0 Å². The van der Waals surface area contributed by atoms with Crippen LogP contribution in [-0.2, 0) is 45.6 Å². The van der Waals surface area contributed by atoms with Crippen LogP contribution in [0.1, 0.15) is 0 Å². The van der Waals surface area contributed by atoms with Crippen LogP contribution in [0.5, 0.6) is 0 Å². The van der Waals surface area contributed by atoms with Gasteiger partial charge in [0.1, 0.15) is 0 Å². The average molecular weight is 401 g/mol. The van der Waals surface area contributed by atoms with Crippen molar-refractivity contribution in [3.05, 3.63) is 0 Å². The predicted molar refractivity (Wildman–Crippen MR) is 6.75 cm³/mol. The van der Waals surface area contributed by atoms with Crippen LogP contribution in [0, 0.1) is 0 Å². The minimum Gasteiger partial charge on any atom is -0.545 e. The standard InChI is InChI=1S/CHO.2Re/c1-2;;/h1H;;/q-1;;. The molecule has 0 heterocycles. The largest absolute Gasteiger partial charge is 0.545 e. The van der Waals surface area contributed by atoms with Crippen molar-refractivity contribution in [2.24, 2.45) is 0 Å². The summed E-state index contributed by atoms with van der Waals surface area (Å²) in [5.74, 6) is 0. The molecular formula is CHORe2-. The van der Waals surface area contributed by atoms with Gasteiger partial charge in [-0.2, -0.15) is 0 Å². The van der Waals surface area contributed by atoms with Crippen LogP contribution in [0.3, 0.4) is 0 Å². The molecule has 3 heteroatoms. The first-order valence-electron chi connectivity index (χ1n) is 0.236. The van der Waals surface area contributed by atoms with Crippen LogP contribution in [0.25, 0.3) is 0 Å². The topological polar surface area (TPSA) is 17.1 Å². The number of rotatable bonds is 0. The van der Waals surface area contributed by atoms with Crippen LogP contribution in [0.15, 0.2) is 0 Å². The van der Waals surface area contributed by atoms with Gasteiger partial charge >= 0.3 is 0 Å². The number of hydrogen-bond donors (Lipinski definition) is 0. The average Bonchev–Trinajstić information content (AvgIpc) is 1.00. The second kappa shape index (κ2) is 36.2. The molecule has 0 saturated heterocycles. The van der Waals surface area contributed by atoms with Crippen LogP contribution in [-0.4, -0.2) is 6.79 Å². The van der Waals surface area contributed by atoms with Gasteiger partial charge in [-0.3, -0.25) is 6.79 Å². The van der Waals surface area contributed by atoms with Crippen LogP contribution in [0.4, 0.5) is 0 Å². The summed E-state index contributed by atoms with van der Waals surface area (Å²) in [4.78, 5) is 7.75. The molecule has 0 amide bonds. The van der Waals surface area contributed by atoms with E-state index in [2.05, 4.69) is 6.79 Å². The second-order valence-electron chi connectivity index (χ2n) is 0. The molecule has 0 aliphatic heterocycles. The van der Waals surface area contributed by atoms with Crippen molar-refractivity contribution in [3.63, 3.8) is 0 Å². The third-order valence-electron chi connectivity index (χ3n) is 0. The fourth-order valence-electron chi connectivity index (χ4n) is 0. The van der Waals surface area contributed by atoms with Crippen LogP contribution >= 0.6 is 0 Å². The summed E-state index contributed by atoms with van der Waals surface area (Å²) in [5.41, 5.74) is 0. The molecule has 2 radical (unpaired) electrons. The Bertz CT molecular complexity index is 6.00. The van der Waals surface area contributed by atoms with E-state index in [0.29, 0.717) is 0 Å². The molecule has 0 spiro atoms. The van der Waals surface area contributed by atoms with E-state index in [4.69, 9.17) is 4.79 Å². The fourth-order valence-corrected chi connectivity index (χ4v) is 0. The molecular weight excluding hydrogens is 400 g/mol. The molecule has 0 aromatic carbocycles. The monoisotopic (exact) mass is 403 g/mol. The van der Waals surface area contributed by atoms with E-state index in [9.17, 15) is 0 Å². The Morgan fingerprint density at radius 2 is 1.00 bits per heavy atom. The minimum atomic E-state index is 0. The quantitative estimate of drug-likeness (QED) is 0.403. The molecule has 0 aromatic heterocycles. The van der Waals surface area contributed by atoms with Crippen molar-refractivity contribution in [3.8, 4) is 0 Å². The summed E-state index contributed by atoms with van der Waals surface area (Å²) in [6.07, 6.45) is 0. The molecule has 1 nitrogen and oxygen atoms in total. The third kappa shape index (κ3) is 12.0. The van der Waals surface area contributed by atoms with E-state index < -0.39 is 0 Å². The summed E-state index contributed by atoms with van der Waals surface area (Å²) in [7, 11) is 0. The zero-order valence-corrected chi connectivity index (χ0v) is 7.17. The molecule has 0 unspecified atom stereocenters. The molecule has 0 aromatic rings. The molecule has 0 rings (SSSR count). The van der Waals surface area contributed by atoms with Crippen molar-refractivity contribution >= 4 is 6.79 Å². The first-order chi connectivity index (χ1) is 1.00. The van der Waals surface area contributed by atoms with Crippen molar-refractivity contribution in [2.45, 2.75) is 0 Å². The Kier molecular flexibility index (Phi) is 181. The van der Waals surface area contributed by atoms with Crippen molar-refractivity contribution in [1.29, 1.82) is 0 Å². The van der Waals surface area contributed by atoms with Gasteiger partial charge in [0, 0.05) is 40.8 Å². The molecule has 0 saturated carbocycles. The zero-order chi connectivity index (χ0) is 2.00. The Hall–Kier alpha value is 0.995. The molecule has 0 bridgehead atoms. The molecule has 4 heavy (non-hydrogen) atoms. The molecule has 0 atom stereocenters. The maximum atomic E-state index is 7.75. The summed E-state index contributed by atoms with van der Waals surface area (Å²) in [6, 6.07) is 0. The summed E-state index contributed by atoms with van der Waals surface area (Å²) < 4.78 is 0. The SMILES string of the molecule is [CH-]=O.[Re].[Re]. The van der Waals surface area contributed by atoms with E-state index in [1.54, 1.807) is 0 Å². The van der Waals surface area contributed by atoms with Gasteiger partial charge < -0.3 is 4.79 Å². The van der Waals surface area contributed by atoms with Gasteiger partial charge in [-0.15, -0.1) is 0 Å². The van der Waals surface area contributed by atoms with E-state index >= 15 is 0 Å². The molecule has 0 aliphatic carbocycles. The Morgan fingerprint density at radius 1 is 1.00 bits per heavy atom. The van der Waals surface area contributed by atoms with E-state index in [0.717, 1.165) is 0 Å². The van der Waals surface area contributed by atoms with E-state index in [1.807, 2.05) is 0 Å². The van der Waals surface area contributed by atoms with Gasteiger partial charge in [0.25, 0.3) is 0 Å². The summed E-state index contributed by atoms with van der Waals surface area (Å²) in [5, 5.41) is 0. The maximum absolute atomic E-state index is 7.75. The first-order valence-corrected chi connectivity index (χ1v) is 0.236. The van der Waals surface area contributed by atoms with Gasteiger partial charge in [-0.25, -0.2) is 0 Å².